The zero-order chi connectivity index (χ0) is 22.6. The number of nitro groups is 1. The molecule has 0 radical (unpaired) electrons. The zero-order valence-corrected chi connectivity index (χ0v) is 18.8. The summed E-state index contributed by atoms with van der Waals surface area (Å²) in [6.07, 6.45) is 1.22. The van der Waals surface area contributed by atoms with Crippen LogP contribution in [0.1, 0.15) is 31.4 Å². The van der Waals surface area contributed by atoms with Crippen molar-refractivity contribution >= 4 is 29.3 Å². The maximum absolute atomic E-state index is 13.0. The Morgan fingerprint density at radius 1 is 1.06 bits per heavy atom. The van der Waals surface area contributed by atoms with E-state index in [9.17, 15) is 19.7 Å². The first-order valence-electron chi connectivity index (χ1n) is 10.4. The average molecular weight is 444 g/mol. The number of amides is 2. The van der Waals surface area contributed by atoms with Crippen LogP contribution in [0.25, 0.3) is 0 Å². The minimum atomic E-state index is -0.504. The van der Waals surface area contributed by atoms with Crippen molar-refractivity contribution in [3.05, 3.63) is 75.8 Å². The summed E-state index contributed by atoms with van der Waals surface area (Å²) in [7, 11) is 0. The van der Waals surface area contributed by atoms with Gasteiger partial charge < -0.3 is 10.2 Å². The summed E-state index contributed by atoms with van der Waals surface area (Å²) in [4.78, 5) is 37.6. The summed E-state index contributed by atoms with van der Waals surface area (Å²) in [5, 5.41) is 13.6. The fraction of sp³-hybridized carbons (Fsp3) is 0.391. The van der Waals surface area contributed by atoms with Crippen molar-refractivity contribution in [3.8, 4) is 0 Å². The van der Waals surface area contributed by atoms with Gasteiger partial charge in [0.2, 0.25) is 11.8 Å². The van der Waals surface area contributed by atoms with Crippen molar-refractivity contribution in [2.45, 2.75) is 38.5 Å². The smallest absolute Gasteiger partial charge is 0.269 e. The van der Waals surface area contributed by atoms with E-state index in [1.807, 2.05) is 44.2 Å². The van der Waals surface area contributed by atoms with Crippen molar-refractivity contribution in [1.82, 2.24) is 10.2 Å². The van der Waals surface area contributed by atoms with Gasteiger partial charge in [0, 0.05) is 31.0 Å². The molecule has 31 heavy (non-hydrogen) atoms. The number of carbonyl (C=O) groups is 2. The van der Waals surface area contributed by atoms with Crippen molar-refractivity contribution in [3.63, 3.8) is 0 Å². The Morgan fingerprint density at radius 2 is 1.74 bits per heavy atom. The molecule has 0 aliphatic heterocycles. The number of hydrogen-bond acceptors (Lipinski definition) is 5. The van der Waals surface area contributed by atoms with Gasteiger partial charge in [0.05, 0.1) is 10.7 Å². The first-order valence-corrected chi connectivity index (χ1v) is 11.5. The molecule has 7 nitrogen and oxygen atoms in total. The minimum Gasteiger partial charge on any atom is -0.355 e. The van der Waals surface area contributed by atoms with E-state index in [-0.39, 0.29) is 23.3 Å². The normalized spacial score (nSPS) is 11.5. The Kier molecular flexibility index (Phi) is 10.0. The molecule has 2 amide bonds. The largest absolute Gasteiger partial charge is 0.355 e. The van der Waals surface area contributed by atoms with E-state index >= 15 is 0 Å². The van der Waals surface area contributed by atoms with Gasteiger partial charge in [0.15, 0.2) is 0 Å². The van der Waals surface area contributed by atoms with Crippen molar-refractivity contribution in [1.29, 1.82) is 0 Å². The van der Waals surface area contributed by atoms with Gasteiger partial charge in [-0.15, -0.1) is 11.8 Å². The van der Waals surface area contributed by atoms with Crippen LogP contribution in [0.4, 0.5) is 5.69 Å². The van der Waals surface area contributed by atoms with E-state index in [0.29, 0.717) is 31.7 Å². The van der Waals surface area contributed by atoms with Crippen LogP contribution in [-0.2, 0) is 21.8 Å². The highest BCUT2D eigenvalue weighted by atomic mass is 32.2. The summed E-state index contributed by atoms with van der Waals surface area (Å²) >= 11 is 1.44. The van der Waals surface area contributed by atoms with Gasteiger partial charge in [-0.1, -0.05) is 49.4 Å². The third-order valence-corrected chi connectivity index (χ3v) is 5.85. The number of rotatable bonds is 12. The maximum atomic E-state index is 13.0. The van der Waals surface area contributed by atoms with E-state index in [1.165, 1.54) is 23.9 Å². The Hall–Kier alpha value is -2.87. The van der Waals surface area contributed by atoms with Crippen LogP contribution in [-0.4, -0.2) is 46.5 Å². The molecule has 1 atom stereocenters. The fourth-order valence-electron chi connectivity index (χ4n) is 3.24. The van der Waals surface area contributed by atoms with Gasteiger partial charge in [-0.3, -0.25) is 19.7 Å². The number of nitrogens with zero attached hydrogens (tertiary/aromatic N) is 2. The lowest BCUT2D eigenvalue weighted by atomic mass is 10.1. The second-order valence-corrected chi connectivity index (χ2v) is 8.04. The molecular weight excluding hydrogens is 414 g/mol. The van der Waals surface area contributed by atoms with E-state index in [1.54, 1.807) is 17.0 Å². The Morgan fingerprint density at radius 3 is 2.32 bits per heavy atom. The number of benzene rings is 2. The third-order valence-electron chi connectivity index (χ3n) is 4.86. The van der Waals surface area contributed by atoms with Crippen molar-refractivity contribution < 1.29 is 14.5 Å². The summed E-state index contributed by atoms with van der Waals surface area (Å²) in [5.41, 5.74) is 2.07. The molecule has 0 aromatic heterocycles. The molecule has 1 N–H and O–H groups in total. The first kappa shape index (κ1) is 24.4. The topological polar surface area (TPSA) is 92.6 Å². The summed E-state index contributed by atoms with van der Waals surface area (Å²) in [6.45, 7) is 4.76. The predicted octanol–water partition coefficient (Wildman–Crippen LogP) is 3.81. The molecule has 0 spiro atoms. The zero-order valence-electron chi connectivity index (χ0n) is 18.0. The monoisotopic (exact) mass is 443 g/mol. The molecular formula is C23H29N3O4S. The van der Waals surface area contributed by atoms with Gasteiger partial charge >= 0.3 is 0 Å². The number of nitro benzene ring substituents is 1. The number of non-ortho nitro benzene ring substituents is 1. The molecule has 2 aromatic carbocycles. The van der Waals surface area contributed by atoms with E-state index in [0.717, 1.165) is 11.1 Å². The van der Waals surface area contributed by atoms with Crippen LogP contribution < -0.4 is 5.32 Å². The number of likely N-dealkylation sites (N-methyl/N-ethyl adjacent to an activating group) is 1. The van der Waals surface area contributed by atoms with Gasteiger partial charge in [-0.2, -0.15) is 0 Å². The molecule has 2 rings (SSSR count). The van der Waals surface area contributed by atoms with Crippen LogP contribution in [0.15, 0.2) is 54.6 Å². The standard InChI is InChI=1S/C23H29N3O4S/c1-3-21(23(28)24-4-2)25(15-14-18-8-6-5-7-9-18)22(27)17-31-16-19-10-12-20(13-11-19)26(29)30/h5-13,21H,3-4,14-17H2,1-2H3,(H,24,28). The van der Waals surface area contributed by atoms with Crippen LogP contribution in [0, 0.1) is 10.1 Å². The lowest BCUT2D eigenvalue weighted by molar-refractivity contribution is -0.384. The van der Waals surface area contributed by atoms with Gasteiger partial charge in [-0.05, 0) is 30.9 Å². The van der Waals surface area contributed by atoms with Crippen LogP contribution in [0.2, 0.25) is 0 Å². The molecule has 8 heteroatoms. The molecule has 1 unspecified atom stereocenters. The SMILES string of the molecule is CCNC(=O)C(CC)N(CCc1ccccc1)C(=O)CSCc1ccc([N+](=O)[O-])cc1. The van der Waals surface area contributed by atoms with Crippen molar-refractivity contribution in [2.24, 2.45) is 0 Å². The number of nitrogens with one attached hydrogen (secondary N) is 1. The molecule has 0 aliphatic carbocycles. The lowest BCUT2D eigenvalue weighted by Crippen LogP contribution is -2.50. The van der Waals surface area contributed by atoms with Gasteiger partial charge in [-0.25, -0.2) is 0 Å². The van der Waals surface area contributed by atoms with Gasteiger partial charge in [0.1, 0.15) is 6.04 Å². The molecule has 0 bridgehead atoms. The molecule has 2 aromatic rings. The van der Waals surface area contributed by atoms with Crippen LogP contribution in [0.3, 0.4) is 0 Å². The summed E-state index contributed by atoms with van der Waals surface area (Å²) in [6, 6.07) is 15.7. The van der Waals surface area contributed by atoms with Gasteiger partial charge in [0.25, 0.3) is 5.69 Å². The highest BCUT2D eigenvalue weighted by Crippen LogP contribution is 2.18. The Balaban J connectivity index is 2.01. The van der Waals surface area contributed by atoms with E-state index in [2.05, 4.69) is 5.32 Å². The Bertz CT molecular complexity index is 859. The van der Waals surface area contributed by atoms with Crippen LogP contribution >= 0.6 is 11.8 Å². The molecule has 0 aliphatic rings. The highest BCUT2D eigenvalue weighted by molar-refractivity contribution is 7.99. The first-order chi connectivity index (χ1) is 15.0. The minimum absolute atomic E-state index is 0.0460. The number of carbonyl (C=O) groups excluding carboxylic acids is 2. The Labute approximate surface area is 187 Å². The molecule has 0 heterocycles. The summed E-state index contributed by atoms with van der Waals surface area (Å²) < 4.78 is 0. The quantitative estimate of drug-likeness (QED) is 0.398. The molecule has 0 saturated heterocycles. The van der Waals surface area contributed by atoms with Crippen LogP contribution in [0.5, 0.6) is 0 Å². The third kappa shape index (κ3) is 7.71. The number of thioether (sulfide) groups is 1. The second-order valence-electron chi connectivity index (χ2n) is 7.06. The van der Waals surface area contributed by atoms with E-state index in [4.69, 9.17) is 0 Å². The molecule has 0 fully saturated rings. The second kappa shape index (κ2) is 12.7. The molecule has 0 saturated carbocycles. The predicted molar refractivity (Wildman–Crippen MR) is 124 cm³/mol. The van der Waals surface area contributed by atoms with E-state index < -0.39 is 11.0 Å². The fourth-order valence-corrected chi connectivity index (χ4v) is 4.11. The summed E-state index contributed by atoms with van der Waals surface area (Å²) in [5.74, 6) is 0.586. The highest BCUT2D eigenvalue weighted by Gasteiger charge is 2.27. The maximum Gasteiger partial charge on any atom is 0.269 e. The average Bonchev–Trinajstić information content (AvgIpc) is 2.77. The lowest BCUT2D eigenvalue weighted by Gasteiger charge is -2.30. The number of hydrogen-bond donors (Lipinski definition) is 1. The molecule has 166 valence electrons. The van der Waals surface area contributed by atoms with Crippen molar-refractivity contribution in [2.75, 3.05) is 18.8 Å².